The summed E-state index contributed by atoms with van der Waals surface area (Å²) in [5.74, 6) is -0.158. The fraction of sp³-hybridized carbons (Fsp3) is 0.0476. The molecule has 0 saturated carbocycles. The van der Waals surface area contributed by atoms with Crippen LogP contribution in [0.2, 0.25) is 0 Å². The minimum absolute atomic E-state index is 0.158. The number of aromatic nitrogens is 2. The van der Waals surface area contributed by atoms with Gasteiger partial charge in [-0.3, -0.25) is 10.1 Å². The highest BCUT2D eigenvalue weighted by atomic mass is 32.1. The standard InChI is InChI=1S/C21H17N3OS/c1-15-4-6-16(7-5-15)19-14-26-21(22-19)23-20(25)17-8-10-18(11-9-17)24-12-2-3-13-24/h2-14H,1H3,(H,22,23,25). The van der Waals surface area contributed by atoms with Crippen LogP contribution in [0.15, 0.2) is 78.4 Å². The summed E-state index contributed by atoms with van der Waals surface area (Å²) in [7, 11) is 0. The maximum atomic E-state index is 12.5. The molecule has 4 nitrogen and oxygen atoms in total. The monoisotopic (exact) mass is 359 g/mol. The van der Waals surface area contributed by atoms with Crippen molar-refractivity contribution in [3.8, 4) is 16.9 Å². The van der Waals surface area contributed by atoms with Crippen molar-refractivity contribution in [2.45, 2.75) is 6.92 Å². The second kappa shape index (κ2) is 6.98. The van der Waals surface area contributed by atoms with E-state index in [1.165, 1.54) is 16.9 Å². The van der Waals surface area contributed by atoms with Gasteiger partial charge in [-0.05, 0) is 43.3 Å². The second-order valence-corrected chi connectivity index (χ2v) is 6.85. The molecule has 0 aliphatic heterocycles. The summed E-state index contributed by atoms with van der Waals surface area (Å²) in [6, 6.07) is 19.6. The van der Waals surface area contributed by atoms with Crippen LogP contribution in [-0.2, 0) is 0 Å². The number of anilines is 1. The molecular formula is C21H17N3OS. The third-order valence-electron chi connectivity index (χ3n) is 4.10. The molecule has 26 heavy (non-hydrogen) atoms. The van der Waals surface area contributed by atoms with Crippen molar-refractivity contribution in [1.29, 1.82) is 0 Å². The molecule has 128 valence electrons. The number of rotatable bonds is 4. The van der Waals surface area contributed by atoms with Crippen LogP contribution < -0.4 is 5.32 Å². The lowest BCUT2D eigenvalue weighted by molar-refractivity contribution is 0.102. The Labute approximate surface area is 155 Å². The number of carbonyl (C=O) groups excluding carboxylic acids is 1. The average molecular weight is 359 g/mol. The Morgan fingerprint density at radius 2 is 1.69 bits per heavy atom. The molecule has 0 aliphatic carbocycles. The summed E-state index contributed by atoms with van der Waals surface area (Å²) >= 11 is 1.43. The molecule has 0 spiro atoms. The Hall–Kier alpha value is -3.18. The molecule has 4 rings (SSSR count). The van der Waals surface area contributed by atoms with E-state index in [1.54, 1.807) is 0 Å². The van der Waals surface area contributed by atoms with Crippen molar-refractivity contribution >= 4 is 22.4 Å². The smallest absolute Gasteiger partial charge is 0.257 e. The summed E-state index contributed by atoms with van der Waals surface area (Å²) in [5.41, 5.74) is 4.74. The van der Waals surface area contributed by atoms with Gasteiger partial charge in [-0.2, -0.15) is 0 Å². The van der Waals surface area contributed by atoms with Crippen molar-refractivity contribution in [1.82, 2.24) is 9.55 Å². The predicted molar refractivity (Wildman–Crippen MR) is 106 cm³/mol. The SMILES string of the molecule is Cc1ccc(-c2csc(NC(=O)c3ccc(-n4cccc4)cc3)n2)cc1. The summed E-state index contributed by atoms with van der Waals surface area (Å²) in [6.45, 7) is 2.05. The molecule has 0 fully saturated rings. The number of hydrogen-bond acceptors (Lipinski definition) is 3. The molecule has 1 N–H and O–H groups in total. The Balaban J connectivity index is 1.47. The Morgan fingerprint density at radius 1 is 1.00 bits per heavy atom. The van der Waals surface area contributed by atoms with E-state index in [9.17, 15) is 4.79 Å². The molecule has 1 amide bonds. The van der Waals surface area contributed by atoms with Crippen LogP contribution in [0.1, 0.15) is 15.9 Å². The number of aryl methyl sites for hydroxylation is 1. The highest BCUT2D eigenvalue weighted by Gasteiger charge is 2.10. The van der Waals surface area contributed by atoms with Gasteiger partial charge in [-0.15, -0.1) is 11.3 Å². The predicted octanol–water partition coefficient (Wildman–Crippen LogP) is 5.16. The van der Waals surface area contributed by atoms with Gasteiger partial charge in [0.2, 0.25) is 0 Å². The molecule has 0 aliphatic rings. The quantitative estimate of drug-likeness (QED) is 0.547. The zero-order valence-electron chi connectivity index (χ0n) is 14.2. The molecule has 0 atom stereocenters. The second-order valence-electron chi connectivity index (χ2n) is 6.00. The molecule has 0 radical (unpaired) electrons. The van der Waals surface area contributed by atoms with Crippen LogP contribution in [0.4, 0.5) is 5.13 Å². The number of nitrogens with one attached hydrogen (secondary N) is 1. The normalized spacial score (nSPS) is 10.7. The molecular weight excluding hydrogens is 342 g/mol. The van der Waals surface area contributed by atoms with Crippen molar-refractivity contribution in [3.05, 3.63) is 89.6 Å². The van der Waals surface area contributed by atoms with Crippen molar-refractivity contribution in [2.75, 3.05) is 5.32 Å². The molecule has 2 aromatic heterocycles. The van der Waals surface area contributed by atoms with Crippen molar-refractivity contribution < 1.29 is 4.79 Å². The Morgan fingerprint density at radius 3 is 2.38 bits per heavy atom. The molecule has 2 heterocycles. The van der Waals surface area contributed by atoms with E-state index in [-0.39, 0.29) is 5.91 Å². The van der Waals surface area contributed by atoms with Gasteiger partial charge >= 0.3 is 0 Å². The number of thiazole rings is 1. The maximum Gasteiger partial charge on any atom is 0.257 e. The van der Waals surface area contributed by atoms with Gasteiger partial charge in [0.05, 0.1) is 5.69 Å². The van der Waals surface area contributed by atoms with Gasteiger partial charge in [0.25, 0.3) is 5.91 Å². The molecule has 4 aromatic rings. The first-order valence-electron chi connectivity index (χ1n) is 8.26. The fourth-order valence-corrected chi connectivity index (χ4v) is 3.36. The van der Waals surface area contributed by atoms with Gasteiger partial charge in [-0.1, -0.05) is 29.8 Å². The summed E-state index contributed by atoms with van der Waals surface area (Å²) in [6.07, 6.45) is 3.94. The maximum absolute atomic E-state index is 12.5. The van der Waals surface area contributed by atoms with Gasteiger partial charge in [0, 0.05) is 34.6 Å². The largest absolute Gasteiger partial charge is 0.324 e. The average Bonchev–Trinajstić information content (AvgIpc) is 3.35. The first-order valence-corrected chi connectivity index (χ1v) is 9.14. The van der Waals surface area contributed by atoms with Crippen LogP contribution in [0.25, 0.3) is 16.9 Å². The van der Waals surface area contributed by atoms with Gasteiger partial charge in [0.15, 0.2) is 5.13 Å². The van der Waals surface area contributed by atoms with E-state index >= 15 is 0 Å². The van der Waals surface area contributed by atoms with E-state index in [1.807, 2.05) is 70.9 Å². The topological polar surface area (TPSA) is 46.9 Å². The lowest BCUT2D eigenvalue weighted by Gasteiger charge is -2.05. The van der Waals surface area contributed by atoms with Crippen molar-refractivity contribution in [2.24, 2.45) is 0 Å². The molecule has 0 unspecified atom stereocenters. The lowest BCUT2D eigenvalue weighted by Crippen LogP contribution is -2.11. The van der Waals surface area contributed by atoms with E-state index < -0.39 is 0 Å². The third-order valence-corrected chi connectivity index (χ3v) is 4.86. The molecule has 5 heteroatoms. The number of nitrogens with zero attached hydrogens (tertiary/aromatic N) is 2. The Kier molecular flexibility index (Phi) is 4.37. The minimum Gasteiger partial charge on any atom is -0.324 e. The first-order chi connectivity index (χ1) is 12.7. The van der Waals surface area contributed by atoms with E-state index in [0.717, 1.165) is 16.9 Å². The fourth-order valence-electron chi connectivity index (χ4n) is 2.65. The molecule has 0 saturated heterocycles. The molecule has 0 bridgehead atoms. The summed E-state index contributed by atoms with van der Waals surface area (Å²) < 4.78 is 2.00. The van der Waals surface area contributed by atoms with E-state index in [4.69, 9.17) is 0 Å². The zero-order valence-corrected chi connectivity index (χ0v) is 15.0. The highest BCUT2D eigenvalue weighted by Crippen LogP contribution is 2.25. The van der Waals surface area contributed by atoms with Crippen LogP contribution in [0.5, 0.6) is 0 Å². The minimum atomic E-state index is -0.158. The van der Waals surface area contributed by atoms with E-state index in [0.29, 0.717) is 10.7 Å². The molecule has 2 aromatic carbocycles. The number of benzene rings is 2. The van der Waals surface area contributed by atoms with E-state index in [2.05, 4.69) is 29.4 Å². The first kappa shape index (κ1) is 16.3. The van der Waals surface area contributed by atoms with Gasteiger partial charge < -0.3 is 4.57 Å². The van der Waals surface area contributed by atoms with Crippen LogP contribution in [0.3, 0.4) is 0 Å². The Bertz CT molecular complexity index is 1020. The van der Waals surface area contributed by atoms with Crippen LogP contribution in [0, 0.1) is 6.92 Å². The van der Waals surface area contributed by atoms with Crippen LogP contribution in [-0.4, -0.2) is 15.5 Å². The van der Waals surface area contributed by atoms with Crippen molar-refractivity contribution in [3.63, 3.8) is 0 Å². The number of amides is 1. The lowest BCUT2D eigenvalue weighted by atomic mass is 10.1. The third kappa shape index (κ3) is 3.43. The number of carbonyl (C=O) groups is 1. The van der Waals surface area contributed by atoms with Crippen LogP contribution >= 0.6 is 11.3 Å². The van der Waals surface area contributed by atoms with Gasteiger partial charge in [0.1, 0.15) is 0 Å². The summed E-state index contributed by atoms with van der Waals surface area (Å²) in [4.78, 5) is 17.0. The summed E-state index contributed by atoms with van der Waals surface area (Å²) in [5, 5.41) is 5.43. The number of hydrogen-bond donors (Lipinski definition) is 1. The zero-order chi connectivity index (χ0) is 17.9. The van der Waals surface area contributed by atoms with Gasteiger partial charge in [-0.25, -0.2) is 4.98 Å². The highest BCUT2D eigenvalue weighted by molar-refractivity contribution is 7.14.